The zero-order chi connectivity index (χ0) is 12.1. The highest BCUT2D eigenvalue weighted by Crippen LogP contribution is 2.18. The van der Waals surface area contributed by atoms with Gasteiger partial charge in [-0.25, -0.2) is 0 Å². The van der Waals surface area contributed by atoms with Crippen LogP contribution in [0.3, 0.4) is 0 Å². The summed E-state index contributed by atoms with van der Waals surface area (Å²) in [6, 6.07) is 0. The fourth-order valence-electron chi connectivity index (χ4n) is 1.47. The molecule has 1 heterocycles. The van der Waals surface area contributed by atoms with Gasteiger partial charge in [-0.1, -0.05) is 0 Å². The molecule has 0 aliphatic rings. The van der Waals surface area contributed by atoms with Gasteiger partial charge in [0.25, 0.3) is 0 Å². The summed E-state index contributed by atoms with van der Waals surface area (Å²) in [4.78, 5) is 2.13. The van der Waals surface area contributed by atoms with Crippen LogP contribution in [0.2, 0.25) is 0 Å². The third-order valence-electron chi connectivity index (χ3n) is 2.46. The second kappa shape index (κ2) is 6.37. The Hall–Kier alpha value is -0.390. The first-order chi connectivity index (χ1) is 7.50. The van der Waals surface area contributed by atoms with Crippen LogP contribution in [-0.2, 0) is 13.0 Å². The lowest BCUT2D eigenvalue weighted by Gasteiger charge is -2.12. The van der Waals surface area contributed by atoms with Gasteiger partial charge in [-0.3, -0.25) is 4.68 Å². The molecule has 0 aromatic carbocycles. The van der Waals surface area contributed by atoms with E-state index in [-0.39, 0.29) is 6.10 Å². The van der Waals surface area contributed by atoms with Crippen LogP contribution in [0.5, 0.6) is 0 Å². The fourth-order valence-corrected chi connectivity index (χ4v) is 1.96. The summed E-state index contributed by atoms with van der Waals surface area (Å²) < 4.78 is 3.04. The molecule has 0 aliphatic carbocycles. The second-order valence-corrected chi connectivity index (χ2v) is 5.21. The molecule has 92 valence electrons. The average Bonchev–Trinajstić information content (AvgIpc) is 2.53. The first-order valence-electron chi connectivity index (χ1n) is 5.53. The van der Waals surface area contributed by atoms with Gasteiger partial charge < -0.3 is 10.0 Å². The molecule has 0 saturated heterocycles. The van der Waals surface area contributed by atoms with Gasteiger partial charge in [-0.2, -0.15) is 5.10 Å². The van der Waals surface area contributed by atoms with Crippen LogP contribution >= 0.6 is 15.9 Å². The van der Waals surface area contributed by atoms with Crippen LogP contribution in [0.15, 0.2) is 10.7 Å². The first kappa shape index (κ1) is 13.7. The quantitative estimate of drug-likeness (QED) is 0.863. The van der Waals surface area contributed by atoms with Gasteiger partial charge in [0.05, 0.1) is 29.0 Å². The molecule has 0 amide bonds. The van der Waals surface area contributed by atoms with Gasteiger partial charge in [-0.15, -0.1) is 0 Å². The molecule has 1 atom stereocenters. The van der Waals surface area contributed by atoms with Gasteiger partial charge in [0.2, 0.25) is 0 Å². The van der Waals surface area contributed by atoms with E-state index in [1.54, 1.807) is 0 Å². The third-order valence-corrected chi connectivity index (χ3v) is 3.12. The number of hydrogen-bond donors (Lipinski definition) is 1. The summed E-state index contributed by atoms with van der Waals surface area (Å²) in [6.45, 7) is 3.66. The Labute approximate surface area is 105 Å². The SMILES string of the molecule is CC(O)CCc1c(Br)cnn1CCN(C)C. The Morgan fingerprint density at radius 2 is 2.25 bits per heavy atom. The molecule has 16 heavy (non-hydrogen) atoms. The van der Waals surface area contributed by atoms with Crippen molar-refractivity contribution in [3.63, 3.8) is 0 Å². The number of aliphatic hydroxyl groups excluding tert-OH is 1. The van der Waals surface area contributed by atoms with E-state index >= 15 is 0 Å². The summed E-state index contributed by atoms with van der Waals surface area (Å²) in [5.74, 6) is 0. The monoisotopic (exact) mass is 289 g/mol. The third kappa shape index (κ3) is 4.23. The number of rotatable bonds is 6. The summed E-state index contributed by atoms with van der Waals surface area (Å²) in [6.07, 6.45) is 3.19. The summed E-state index contributed by atoms with van der Waals surface area (Å²) in [5.41, 5.74) is 1.17. The molecule has 1 rings (SSSR count). The van der Waals surface area contributed by atoms with Crippen molar-refractivity contribution in [1.29, 1.82) is 0 Å². The van der Waals surface area contributed by atoms with Crippen LogP contribution in [-0.4, -0.2) is 46.5 Å². The van der Waals surface area contributed by atoms with Crippen LogP contribution in [0.25, 0.3) is 0 Å². The molecule has 1 aromatic heterocycles. The van der Waals surface area contributed by atoms with E-state index in [9.17, 15) is 5.11 Å². The number of likely N-dealkylation sites (N-methyl/N-ethyl adjacent to an activating group) is 1. The van der Waals surface area contributed by atoms with E-state index in [0.717, 1.165) is 30.4 Å². The molecule has 0 bridgehead atoms. The molecule has 0 fully saturated rings. The number of aliphatic hydroxyl groups is 1. The minimum atomic E-state index is -0.260. The van der Waals surface area contributed by atoms with Crippen molar-refractivity contribution in [2.45, 2.75) is 32.4 Å². The number of nitrogens with zero attached hydrogens (tertiary/aromatic N) is 3. The summed E-state index contributed by atoms with van der Waals surface area (Å²) >= 11 is 3.50. The normalized spacial score (nSPS) is 13.4. The molecule has 4 nitrogen and oxygen atoms in total. The van der Waals surface area contributed by atoms with Gasteiger partial charge in [-0.05, 0) is 49.8 Å². The summed E-state index contributed by atoms with van der Waals surface area (Å²) in [7, 11) is 4.10. The summed E-state index contributed by atoms with van der Waals surface area (Å²) in [5, 5.41) is 13.6. The van der Waals surface area contributed by atoms with Crippen molar-refractivity contribution in [2.24, 2.45) is 0 Å². The van der Waals surface area contributed by atoms with E-state index in [4.69, 9.17) is 0 Å². The maximum absolute atomic E-state index is 9.30. The minimum Gasteiger partial charge on any atom is -0.393 e. The van der Waals surface area contributed by atoms with Gasteiger partial charge in [0.15, 0.2) is 0 Å². The van der Waals surface area contributed by atoms with E-state index < -0.39 is 0 Å². The molecule has 1 unspecified atom stereocenters. The van der Waals surface area contributed by atoms with E-state index in [1.165, 1.54) is 5.69 Å². The van der Waals surface area contributed by atoms with Crippen molar-refractivity contribution in [2.75, 3.05) is 20.6 Å². The zero-order valence-electron chi connectivity index (χ0n) is 10.1. The van der Waals surface area contributed by atoms with E-state index in [1.807, 2.05) is 31.9 Å². The van der Waals surface area contributed by atoms with Crippen LogP contribution < -0.4 is 0 Å². The topological polar surface area (TPSA) is 41.3 Å². The predicted molar refractivity (Wildman–Crippen MR) is 68.5 cm³/mol. The van der Waals surface area contributed by atoms with Crippen molar-refractivity contribution in [3.05, 3.63) is 16.4 Å². The fraction of sp³-hybridized carbons (Fsp3) is 0.727. The lowest BCUT2D eigenvalue weighted by molar-refractivity contribution is 0.184. The molecule has 0 saturated carbocycles. The van der Waals surface area contributed by atoms with Gasteiger partial charge in [0, 0.05) is 6.54 Å². The molecular weight excluding hydrogens is 270 g/mol. The number of aromatic nitrogens is 2. The van der Waals surface area contributed by atoms with E-state index in [2.05, 4.69) is 25.9 Å². The highest BCUT2D eigenvalue weighted by atomic mass is 79.9. The minimum absolute atomic E-state index is 0.260. The predicted octanol–water partition coefficient (Wildman–Crippen LogP) is 1.52. The zero-order valence-corrected chi connectivity index (χ0v) is 11.7. The Balaban J connectivity index is 2.62. The van der Waals surface area contributed by atoms with Crippen LogP contribution in [0.1, 0.15) is 19.0 Å². The number of hydrogen-bond acceptors (Lipinski definition) is 3. The maximum Gasteiger partial charge on any atom is 0.0635 e. The van der Waals surface area contributed by atoms with Gasteiger partial charge >= 0.3 is 0 Å². The lowest BCUT2D eigenvalue weighted by Crippen LogP contribution is -2.20. The van der Waals surface area contributed by atoms with Crippen molar-refractivity contribution < 1.29 is 5.11 Å². The van der Waals surface area contributed by atoms with Crippen molar-refractivity contribution in [3.8, 4) is 0 Å². The molecule has 0 radical (unpaired) electrons. The maximum atomic E-state index is 9.30. The van der Waals surface area contributed by atoms with E-state index in [0.29, 0.717) is 0 Å². The highest BCUT2D eigenvalue weighted by molar-refractivity contribution is 9.10. The molecule has 0 aliphatic heterocycles. The van der Waals surface area contributed by atoms with Gasteiger partial charge in [0.1, 0.15) is 0 Å². The Morgan fingerprint density at radius 1 is 1.56 bits per heavy atom. The Morgan fingerprint density at radius 3 is 2.81 bits per heavy atom. The van der Waals surface area contributed by atoms with Crippen LogP contribution in [0.4, 0.5) is 0 Å². The molecule has 0 spiro atoms. The average molecular weight is 290 g/mol. The van der Waals surface area contributed by atoms with Crippen molar-refractivity contribution >= 4 is 15.9 Å². The first-order valence-corrected chi connectivity index (χ1v) is 6.33. The van der Waals surface area contributed by atoms with Crippen LogP contribution in [0, 0.1) is 0 Å². The van der Waals surface area contributed by atoms with Crippen molar-refractivity contribution in [1.82, 2.24) is 14.7 Å². The largest absolute Gasteiger partial charge is 0.393 e. The second-order valence-electron chi connectivity index (χ2n) is 4.35. The Bertz CT molecular complexity index is 323. The smallest absolute Gasteiger partial charge is 0.0635 e. The highest BCUT2D eigenvalue weighted by Gasteiger charge is 2.09. The Kier molecular flexibility index (Phi) is 5.44. The molecule has 1 N–H and O–H groups in total. The number of halogens is 1. The molecular formula is C11H20BrN3O. The standard InChI is InChI=1S/C11H20BrN3O/c1-9(16)4-5-11-10(12)8-13-15(11)7-6-14(2)3/h8-9,16H,4-7H2,1-3H3. The molecule has 1 aromatic rings. The molecule has 5 heteroatoms. The lowest BCUT2D eigenvalue weighted by atomic mass is 10.2.